The van der Waals surface area contributed by atoms with E-state index < -0.39 is 5.97 Å². The van der Waals surface area contributed by atoms with Crippen LogP contribution < -0.4 is 0 Å². The first-order chi connectivity index (χ1) is 13.2. The molecule has 0 aliphatic heterocycles. The molecule has 0 saturated heterocycles. The molecule has 0 aromatic carbocycles. The molecule has 0 aromatic rings. The van der Waals surface area contributed by atoms with Gasteiger partial charge in [0.2, 0.25) is 0 Å². The summed E-state index contributed by atoms with van der Waals surface area (Å²) >= 11 is 0. The van der Waals surface area contributed by atoms with Gasteiger partial charge in [0.1, 0.15) is 0 Å². The molecule has 0 amide bonds. The van der Waals surface area contributed by atoms with Gasteiger partial charge in [-0.2, -0.15) is 0 Å². The summed E-state index contributed by atoms with van der Waals surface area (Å²) in [6, 6.07) is 0. The molecule has 0 aliphatic rings. The number of hydrogen-bond donors (Lipinski definition) is 1. The van der Waals surface area contributed by atoms with E-state index in [4.69, 9.17) is 5.11 Å². The van der Waals surface area contributed by atoms with Crippen molar-refractivity contribution in [1.82, 2.24) is 0 Å². The van der Waals surface area contributed by atoms with E-state index in [0.29, 0.717) is 0 Å². The highest BCUT2D eigenvalue weighted by Crippen LogP contribution is 2.16. The van der Waals surface area contributed by atoms with Gasteiger partial charge in [-0.1, -0.05) is 107 Å². The summed E-state index contributed by atoms with van der Waals surface area (Å²) in [7, 11) is 0. The van der Waals surface area contributed by atoms with Crippen LogP contribution in [-0.4, -0.2) is 11.1 Å². The minimum Gasteiger partial charge on any atom is -0.481 e. The first kappa shape index (κ1) is 25.4. The predicted octanol–water partition coefficient (Wildman–Crippen LogP) is 8.02. The molecule has 0 saturated carbocycles. The Balaban J connectivity index is 3.54. The Labute approximate surface area is 168 Å². The first-order valence-electron chi connectivity index (χ1n) is 11.0. The van der Waals surface area contributed by atoms with Crippen molar-refractivity contribution in [3.05, 3.63) is 48.6 Å². The van der Waals surface area contributed by atoms with Crippen LogP contribution in [0, 0.1) is 5.92 Å². The van der Waals surface area contributed by atoms with Crippen LogP contribution in [0.25, 0.3) is 0 Å². The van der Waals surface area contributed by atoms with Gasteiger partial charge in [-0.05, 0) is 38.0 Å². The number of allylic oxidation sites excluding steroid dienone is 8. The average Bonchev–Trinajstić information content (AvgIpc) is 2.64. The van der Waals surface area contributed by atoms with Gasteiger partial charge in [0.05, 0.1) is 0 Å². The number of carboxylic acids is 1. The zero-order chi connectivity index (χ0) is 20.0. The van der Waals surface area contributed by atoms with Gasteiger partial charge in [0.25, 0.3) is 0 Å². The van der Waals surface area contributed by atoms with Crippen molar-refractivity contribution < 1.29 is 9.90 Å². The second-order valence-electron chi connectivity index (χ2n) is 7.50. The molecule has 0 aromatic heterocycles. The van der Waals surface area contributed by atoms with Crippen LogP contribution in [0.5, 0.6) is 0 Å². The van der Waals surface area contributed by atoms with Crippen LogP contribution in [0.1, 0.15) is 97.3 Å². The fraction of sp³-hybridized carbons (Fsp3) is 0.640. The molecular formula is C25H42O2. The standard InChI is InChI=1S/C25H42O2/c1-3-4-5-6-15-18-21-24(2)22-19-16-13-11-9-7-8-10-12-14-17-20-23-25(26)27/h7-13,16,24H,3-6,14-15,17-23H2,1-2H3,(H,26,27)/b8-7+,11-9+,12-10+,16-13+/t24-/m1/s1. The summed E-state index contributed by atoms with van der Waals surface area (Å²) in [4.78, 5) is 10.4. The van der Waals surface area contributed by atoms with E-state index in [2.05, 4.69) is 38.2 Å². The number of aliphatic carboxylic acids is 1. The zero-order valence-electron chi connectivity index (χ0n) is 17.7. The van der Waals surface area contributed by atoms with Crippen molar-refractivity contribution in [2.75, 3.05) is 0 Å². The molecule has 0 unspecified atom stereocenters. The predicted molar refractivity (Wildman–Crippen MR) is 119 cm³/mol. The Morgan fingerprint density at radius 2 is 1.33 bits per heavy atom. The molecule has 0 spiro atoms. The van der Waals surface area contributed by atoms with E-state index in [1.54, 1.807) is 0 Å². The lowest BCUT2D eigenvalue weighted by Gasteiger charge is -2.09. The van der Waals surface area contributed by atoms with Crippen LogP contribution in [0.15, 0.2) is 48.6 Å². The van der Waals surface area contributed by atoms with E-state index in [1.807, 2.05) is 24.3 Å². The van der Waals surface area contributed by atoms with Crippen molar-refractivity contribution >= 4 is 5.97 Å². The monoisotopic (exact) mass is 374 g/mol. The van der Waals surface area contributed by atoms with Crippen molar-refractivity contribution in [3.8, 4) is 0 Å². The van der Waals surface area contributed by atoms with Crippen molar-refractivity contribution in [1.29, 1.82) is 0 Å². The van der Waals surface area contributed by atoms with E-state index in [1.165, 1.54) is 57.8 Å². The Morgan fingerprint density at radius 3 is 2.00 bits per heavy atom. The summed E-state index contributed by atoms with van der Waals surface area (Å²) in [5.41, 5.74) is 0. The van der Waals surface area contributed by atoms with Gasteiger partial charge < -0.3 is 5.11 Å². The second kappa shape index (κ2) is 20.7. The molecule has 0 rings (SSSR count). The maximum Gasteiger partial charge on any atom is 0.303 e. The Morgan fingerprint density at radius 1 is 0.741 bits per heavy atom. The highest BCUT2D eigenvalue weighted by Gasteiger charge is 2.00. The lowest BCUT2D eigenvalue weighted by molar-refractivity contribution is -0.137. The van der Waals surface area contributed by atoms with Gasteiger partial charge in [-0.3, -0.25) is 4.79 Å². The summed E-state index contributed by atoms with van der Waals surface area (Å²) in [5, 5.41) is 8.54. The third-order valence-corrected chi connectivity index (χ3v) is 4.72. The summed E-state index contributed by atoms with van der Waals surface area (Å²) in [6.45, 7) is 4.65. The SMILES string of the molecule is CCCCCCCC[C@@H](C)CC/C=C/C=C/C=C/C=C/CCCCC(=O)O. The quantitative estimate of drug-likeness (QED) is 0.195. The highest BCUT2D eigenvalue weighted by molar-refractivity contribution is 5.66. The van der Waals surface area contributed by atoms with Crippen LogP contribution in [-0.2, 0) is 4.79 Å². The van der Waals surface area contributed by atoms with Crippen molar-refractivity contribution in [2.45, 2.75) is 97.3 Å². The van der Waals surface area contributed by atoms with Crippen LogP contribution >= 0.6 is 0 Å². The van der Waals surface area contributed by atoms with Gasteiger partial charge in [0, 0.05) is 6.42 Å². The van der Waals surface area contributed by atoms with Gasteiger partial charge in [-0.15, -0.1) is 0 Å². The molecule has 154 valence electrons. The Hall–Kier alpha value is -1.57. The van der Waals surface area contributed by atoms with E-state index >= 15 is 0 Å². The number of carbonyl (C=O) groups is 1. The molecule has 27 heavy (non-hydrogen) atoms. The minimum atomic E-state index is -0.704. The van der Waals surface area contributed by atoms with Gasteiger partial charge >= 0.3 is 5.97 Å². The third kappa shape index (κ3) is 22.4. The summed E-state index contributed by atoms with van der Waals surface area (Å²) in [5.74, 6) is 0.134. The van der Waals surface area contributed by atoms with Gasteiger partial charge in [0.15, 0.2) is 0 Å². The molecule has 1 atom stereocenters. The molecule has 0 fully saturated rings. The molecule has 0 aliphatic carbocycles. The topological polar surface area (TPSA) is 37.3 Å². The molecule has 2 heteroatoms. The lowest BCUT2D eigenvalue weighted by atomic mass is 9.97. The highest BCUT2D eigenvalue weighted by atomic mass is 16.4. The minimum absolute atomic E-state index is 0.274. The van der Waals surface area contributed by atoms with Crippen LogP contribution in [0.4, 0.5) is 0 Å². The van der Waals surface area contributed by atoms with E-state index in [9.17, 15) is 4.79 Å². The third-order valence-electron chi connectivity index (χ3n) is 4.72. The van der Waals surface area contributed by atoms with Crippen molar-refractivity contribution in [3.63, 3.8) is 0 Å². The summed E-state index contributed by atoms with van der Waals surface area (Å²) in [6.07, 6.45) is 31.8. The molecular weight excluding hydrogens is 332 g/mol. The lowest BCUT2D eigenvalue weighted by Crippen LogP contribution is -1.93. The first-order valence-corrected chi connectivity index (χ1v) is 11.0. The Kier molecular flexibility index (Phi) is 19.5. The number of carboxylic acid groups (broad SMARTS) is 1. The molecule has 0 radical (unpaired) electrons. The molecule has 2 nitrogen and oxygen atoms in total. The largest absolute Gasteiger partial charge is 0.481 e. The number of unbranched alkanes of at least 4 members (excludes halogenated alkanes) is 7. The normalized spacial score (nSPS) is 13.6. The molecule has 1 N–H and O–H groups in total. The number of hydrogen-bond acceptors (Lipinski definition) is 1. The van der Waals surface area contributed by atoms with Crippen molar-refractivity contribution in [2.24, 2.45) is 5.92 Å². The zero-order valence-corrected chi connectivity index (χ0v) is 17.7. The second-order valence-corrected chi connectivity index (χ2v) is 7.50. The molecule has 0 bridgehead atoms. The van der Waals surface area contributed by atoms with E-state index in [-0.39, 0.29) is 6.42 Å². The fourth-order valence-corrected chi connectivity index (χ4v) is 2.94. The maximum absolute atomic E-state index is 10.4. The number of rotatable bonds is 18. The van der Waals surface area contributed by atoms with Gasteiger partial charge in [-0.25, -0.2) is 0 Å². The fourth-order valence-electron chi connectivity index (χ4n) is 2.94. The smallest absolute Gasteiger partial charge is 0.303 e. The van der Waals surface area contributed by atoms with Crippen LogP contribution in [0.3, 0.4) is 0 Å². The van der Waals surface area contributed by atoms with E-state index in [0.717, 1.165) is 25.2 Å². The molecule has 0 heterocycles. The maximum atomic E-state index is 10.4. The average molecular weight is 375 g/mol. The van der Waals surface area contributed by atoms with Crippen LogP contribution in [0.2, 0.25) is 0 Å². The summed E-state index contributed by atoms with van der Waals surface area (Å²) < 4.78 is 0. The Bertz CT molecular complexity index is 443.